The van der Waals surface area contributed by atoms with Crippen molar-refractivity contribution >= 4 is 0 Å². The molecule has 0 aromatic carbocycles. The summed E-state index contributed by atoms with van der Waals surface area (Å²) >= 11 is 0. The maximum Gasteiger partial charge on any atom is 0.0162 e. The van der Waals surface area contributed by atoms with Crippen molar-refractivity contribution in [3.63, 3.8) is 0 Å². The molecule has 1 fully saturated rings. The van der Waals surface area contributed by atoms with Crippen LogP contribution in [0.15, 0.2) is 0 Å². The van der Waals surface area contributed by atoms with Crippen LogP contribution >= 0.6 is 0 Å². The van der Waals surface area contributed by atoms with Gasteiger partial charge in [-0.3, -0.25) is 0 Å². The van der Waals surface area contributed by atoms with Gasteiger partial charge >= 0.3 is 0 Å². The molecule has 1 unspecified atom stereocenters. The van der Waals surface area contributed by atoms with Crippen molar-refractivity contribution < 1.29 is 0 Å². The van der Waals surface area contributed by atoms with Crippen LogP contribution in [-0.4, -0.2) is 19.1 Å². The first-order chi connectivity index (χ1) is 6.33. The highest BCUT2D eigenvalue weighted by molar-refractivity contribution is 4.69. The first kappa shape index (κ1) is 11.0. The smallest absolute Gasteiger partial charge is 0.0162 e. The molecular formula is C11H24N2. The number of hydrogen-bond donors (Lipinski definition) is 2. The van der Waals surface area contributed by atoms with E-state index >= 15 is 0 Å². The number of nitrogens with two attached hydrogens (primary N) is 1. The van der Waals surface area contributed by atoms with E-state index in [0.717, 1.165) is 12.5 Å². The molecule has 0 aromatic rings. The second kappa shape index (κ2) is 6.39. The summed E-state index contributed by atoms with van der Waals surface area (Å²) in [4.78, 5) is 0. The molecule has 0 aliphatic heterocycles. The van der Waals surface area contributed by atoms with Crippen LogP contribution in [0.5, 0.6) is 0 Å². The van der Waals surface area contributed by atoms with E-state index < -0.39 is 0 Å². The van der Waals surface area contributed by atoms with Crippen LogP contribution in [0.2, 0.25) is 0 Å². The molecular weight excluding hydrogens is 160 g/mol. The summed E-state index contributed by atoms with van der Waals surface area (Å²) in [5, 5.41) is 3.50. The van der Waals surface area contributed by atoms with E-state index in [0.29, 0.717) is 6.04 Å². The SMILES string of the molecule is CC(CN)NCC1CCCCCC1. The fourth-order valence-corrected chi connectivity index (χ4v) is 2.02. The maximum absolute atomic E-state index is 5.56. The lowest BCUT2D eigenvalue weighted by Gasteiger charge is -2.18. The van der Waals surface area contributed by atoms with Gasteiger partial charge in [0.1, 0.15) is 0 Å². The fraction of sp³-hybridized carbons (Fsp3) is 1.00. The zero-order chi connectivity index (χ0) is 9.52. The fourth-order valence-electron chi connectivity index (χ4n) is 2.02. The van der Waals surface area contributed by atoms with E-state index in [1.54, 1.807) is 0 Å². The molecule has 1 aliphatic carbocycles. The minimum absolute atomic E-state index is 0.489. The molecule has 0 spiro atoms. The Hall–Kier alpha value is -0.0800. The molecule has 2 heteroatoms. The van der Waals surface area contributed by atoms with Gasteiger partial charge in [-0.2, -0.15) is 0 Å². The normalized spacial score (nSPS) is 22.6. The summed E-state index contributed by atoms with van der Waals surface area (Å²) in [6.45, 7) is 4.10. The van der Waals surface area contributed by atoms with Crippen molar-refractivity contribution in [3.05, 3.63) is 0 Å². The van der Waals surface area contributed by atoms with Gasteiger partial charge in [-0.1, -0.05) is 25.7 Å². The number of rotatable bonds is 4. The molecule has 13 heavy (non-hydrogen) atoms. The molecule has 0 bridgehead atoms. The quantitative estimate of drug-likeness (QED) is 0.655. The van der Waals surface area contributed by atoms with Gasteiger partial charge in [-0.05, 0) is 32.2 Å². The van der Waals surface area contributed by atoms with Gasteiger partial charge in [0, 0.05) is 12.6 Å². The third kappa shape index (κ3) is 4.63. The standard InChI is InChI=1S/C11H24N2/c1-10(8-12)13-9-11-6-4-2-3-5-7-11/h10-11,13H,2-9,12H2,1H3. The van der Waals surface area contributed by atoms with E-state index in [1.807, 2.05) is 0 Å². The van der Waals surface area contributed by atoms with E-state index in [1.165, 1.54) is 45.1 Å². The molecule has 1 aliphatic rings. The minimum Gasteiger partial charge on any atom is -0.329 e. The van der Waals surface area contributed by atoms with Crippen LogP contribution in [0.25, 0.3) is 0 Å². The van der Waals surface area contributed by atoms with Gasteiger partial charge in [-0.15, -0.1) is 0 Å². The maximum atomic E-state index is 5.56. The predicted molar refractivity (Wildman–Crippen MR) is 57.7 cm³/mol. The Bertz CT molecular complexity index is 117. The average molecular weight is 184 g/mol. The van der Waals surface area contributed by atoms with Crippen molar-refractivity contribution in [3.8, 4) is 0 Å². The Morgan fingerprint density at radius 3 is 2.38 bits per heavy atom. The third-order valence-electron chi connectivity index (χ3n) is 3.08. The summed E-state index contributed by atoms with van der Waals surface area (Å²) in [5.41, 5.74) is 5.56. The van der Waals surface area contributed by atoms with Crippen LogP contribution in [-0.2, 0) is 0 Å². The molecule has 0 saturated heterocycles. The lowest BCUT2D eigenvalue weighted by Crippen LogP contribution is -2.36. The lowest BCUT2D eigenvalue weighted by molar-refractivity contribution is 0.401. The molecule has 1 atom stereocenters. The van der Waals surface area contributed by atoms with Crippen molar-refractivity contribution in [2.75, 3.05) is 13.1 Å². The third-order valence-corrected chi connectivity index (χ3v) is 3.08. The second-order valence-electron chi connectivity index (χ2n) is 4.40. The van der Waals surface area contributed by atoms with Gasteiger partial charge in [0.25, 0.3) is 0 Å². The highest BCUT2D eigenvalue weighted by Gasteiger charge is 2.12. The van der Waals surface area contributed by atoms with Crippen LogP contribution in [0.1, 0.15) is 45.4 Å². The molecule has 78 valence electrons. The molecule has 0 radical (unpaired) electrons. The van der Waals surface area contributed by atoms with Gasteiger partial charge in [-0.25, -0.2) is 0 Å². The van der Waals surface area contributed by atoms with Crippen molar-refractivity contribution in [2.45, 2.75) is 51.5 Å². The monoisotopic (exact) mass is 184 g/mol. The molecule has 0 amide bonds. The van der Waals surface area contributed by atoms with Crippen LogP contribution in [0.3, 0.4) is 0 Å². The number of hydrogen-bond acceptors (Lipinski definition) is 2. The minimum atomic E-state index is 0.489. The largest absolute Gasteiger partial charge is 0.329 e. The van der Waals surface area contributed by atoms with E-state index in [-0.39, 0.29) is 0 Å². The Kier molecular flexibility index (Phi) is 5.40. The first-order valence-electron chi connectivity index (χ1n) is 5.76. The summed E-state index contributed by atoms with van der Waals surface area (Å²) < 4.78 is 0. The van der Waals surface area contributed by atoms with Gasteiger partial charge < -0.3 is 11.1 Å². The topological polar surface area (TPSA) is 38.0 Å². The predicted octanol–water partition coefficient (Wildman–Crippen LogP) is 1.89. The van der Waals surface area contributed by atoms with Crippen molar-refractivity contribution in [2.24, 2.45) is 11.7 Å². The van der Waals surface area contributed by atoms with Crippen LogP contribution < -0.4 is 11.1 Å². The van der Waals surface area contributed by atoms with E-state index in [9.17, 15) is 0 Å². The Balaban J connectivity index is 2.11. The summed E-state index contributed by atoms with van der Waals surface area (Å²) in [7, 11) is 0. The average Bonchev–Trinajstić information content (AvgIpc) is 2.42. The zero-order valence-corrected chi connectivity index (χ0v) is 8.89. The van der Waals surface area contributed by atoms with Crippen LogP contribution in [0.4, 0.5) is 0 Å². The number of nitrogens with one attached hydrogen (secondary N) is 1. The Labute approximate surface area is 82.3 Å². The molecule has 3 N–H and O–H groups in total. The Morgan fingerprint density at radius 1 is 1.23 bits per heavy atom. The molecule has 1 saturated carbocycles. The zero-order valence-electron chi connectivity index (χ0n) is 8.89. The van der Waals surface area contributed by atoms with Gasteiger partial charge in [0.2, 0.25) is 0 Å². The van der Waals surface area contributed by atoms with E-state index in [2.05, 4.69) is 12.2 Å². The van der Waals surface area contributed by atoms with E-state index in [4.69, 9.17) is 5.73 Å². The highest BCUT2D eigenvalue weighted by atomic mass is 14.9. The molecule has 0 heterocycles. The van der Waals surface area contributed by atoms with Crippen LogP contribution in [0, 0.1) is 5.92 Å². The summed E-state index contributed by atoms with van der Waals surface area (Å²) in [6.07, 6.45) is 8.60. The van der Waals surface area contributed by atoms with Crippen molar-refractivity contribution in [1.82, 2.24) is 5.32 Å². The first-order valence-corrected chi connectivity index (χ1v) is 5.76. The second-order valence-corrected chi connectivity index (χ2v) is 4.40. The molecule has 0 aromatic heterocycles. The van der Waals surface area contributed by atoms with Crippen molar-refractivity contribution in [1.29, 1.82) is 0 Å². The summed E-state index contributed by atoms with van der Waals surface area (Å²) in [5.74, 6) is 0.913. The van der Waals surface area contributed by atoms with Gasteiger partial charge in [0.05, 0.1) is 0 Å². The van der Waals surface area contributed by atoms with Gasteiger partial charge in [0.15, 0.2) is 0 Å². The highest BCUT2D eigenvalue weighted by Crippen LogP contribution is 2.21. The molecule has 1 rings (SSSR count). The summed E-state index contributed by atoms with van der Waals surface area (Å²) in [6, 6.07) is 0.489. The Morgan fingerprint density at radius 2 is 1.85 bits per heavy atom. The lowest BCUT2D eigenvalue weighted by atomic mass is 10.0. The molecule has 2 nitrogen and oxygen atoms in total.